The van der Waals surface area contributed by atoms with Crippen LogP contribution >= 0.6 is 11.3 Å². The third-order valence-electron chi connectivity index (χ3n) is 5.47. The molecule has 2 aromatic carbocycles. The second-order valence-corrected chi connectivity index (χ2v) is 8.81. The number of nitrogens with one attached hydrogen (secondary N) is 1. The van der Waals surface area contributed by atoms with Crippen molar-refractivity contribution < 1.29 is 23.9 Å². The van der Waals surface area contributed by atoms with Crippen LogP contribution in [0.15, 0.2) is 48.5 Å². The van der Waals surface area contributed by atoms with E-state index in [1.807, 2.05) is 19.9 Å². The molecule has 0 bridgehead atoms. The van der Waals surface area contributed by atoms with Crippen molar-refractivity contribution in [2.45, 2.75) is 27.3 Å². The van der Waals surface area contributed by atoms with Crippen molar-refractivity contribution in [3.05, 3.63) is 86.8 Å². The number of hydrogen-bond acceptors (Lipinski definition) is 6. The van der Waals surface area contributed by atoms with Gasteiger partial charge in [0.05, 0.1) is 29.8 Å². The van der Waals surface area contributed by atoms with Gasteiger partial charge in [0.25, 0.3) is 17.7 Å². The average molecular weight is 463 g/mol. The Morgan fingerprint density at radius 1 is 0.970 bits per heavy atom. The Balaban J connectivity index is 1.61. The number of carbonyl (C=O) groups excluding carboxylic acids is 4. The topological polar surface area (TPSA) is 92.8 Å². The van der Waals surface area contributed by atoms with E-state index in [2.05, 4.69) is 5.32 Å². The minimum Gasteiger partial charge on any atom is -0.462 e. The van der Waals surface area contributed by atoms with E-state index >= 15 is 0 Å². The predicted molar refractivity (Wildman–Crippen MR) is 125 cm³/mol. The van der Waals surface area contributed by atoms with E-state index in [-0.39, 0.29) is 36.4 Å². The summed E-state index contributed by atoms with van der Waals surface area (Å²) in [7, 11) is 0. The number of nitrogens with zero attached hydrogens (tertiary/aromatic N) is 1. The quantitative estimate of drug-likeness (QED) is 0.427. The van der Waals surface area contributed by atoms with Gasteiger partial charge in [0.1, 0.15) is 5.00 Å². The summed E-state index contributed by atoms with van der Waals surface area (Å²) in [6, 6.07) is 13.6. The third kappa shape index (κ3) is 4.29. The lowest BCUT2D eigenvalue weighted by Crippen LogP contribution is -2.28. The maximum absolute atomic E-state index is 12.8. The van der Waals surface area contributed by atoms with Crippen LogP contribution in [0.3, 0.4) is 0 Å². The Bertz CT molecular complexity index is 1260. The van der Waals surface area contributed by atoms with Gasteiger partial charge in [-0.1, -0.05) is 18.2 Å². The lowest BCUT2D eigenvalue weighted by molar-refractivity contribution is 0.0527. The summed E-state index contributed by atoms with van der Waals surface area (Å²) >= 11 is 1.13. The van der Waals surface area contributed by atoms with Crippen molar-refractivity contribution >= 4 is 40.0 Å². The van der Waals surface area contributed by atoms with Gasteiger partial charge in [-0.25, -0.2) is 4.79 Å². The molecule has 168 valence electrons. The summed E-state index contributed by atoms with van der Waals surface area (Å²) < 4.78 is 5.14. The first-order valence-corrected chi connectivity index (χ1v) is 11.3. The second kappa shape index (κ2) is 8.99. The van der Waals surface area contributed by atoms with Crippen molar-refractivity contribution in [1.29, 1.82) is 0 Å². The summed E-state index contributed by atoms with van der Waals surface area (Å²) in [5, 5.41) is 3.10. The maximum atomic E-state index is 12.8. The summed E-state index contributed by atoms with van der Waals surface area (Å²) in [5.41, 5.74) is 3.40. The van der Waals surface area contributed by atoms with E-state index in [4.69, 9.17) is 4.74 Å². The summed E-state index contributed by atoms with van der Waals surface area (Å²) in [4.78, 5) is 52.5. The predicted octanol–water partition coefficient (Wildman–Crippen LogP) is 4.59. The maximum Gasteiger partial charge on any atom is 0.341 e. The Morgan fingerprint density at radius 3 is 2.24 bits per heavy atom. The average Bonchev–Trinajstić information content (AvgIpc) is 3.30. The summed E-state index contributed by atoms with van der Waals surface area (Å²) in [6.45, 7) is 5.73. The first-order chi connectivity index (χ1) is 15.8. The number of fused-ring (bicyclic) bond motifs is 1. The van der Waals surface area contributed by atoms with Crippen LogP contribution in [0.1, 0.15) is 64.4 Å². The molecule has 0 saturated carbocycles. The van der Waals surface area contributed by atoms with E-state index in [0.717, 1.165) is 27.4 Å². The van der Waals surface area contributed by atoms with E-state index < -0.39 is 5.97 Å². The number of carbonyl (C=O) groups is 4. The number of anilines is 1. The number of amides is 3. The highest BCUT2D eigenvalue weighted by atomic mass is 32.1. The van der Waals surface area contributed by atoms with E-state index in [0.29, 0.717) is 26.6 Å². The first kappa shape index (κ1) is 22.4. The number of aryl methyl sites for hydroxylation is 2. The lowest BCUT2D eigenvalue weighted by Gasteiger charge is -2.12. The molecular weight excluding hydrogens is 440 g/mol. The van der Waals surface area contributed by atoms with E-state index in [1.54, 1.807) is 49.4 Å². The monoisotopic (exact) mass is 462 g/mol. The standard InChI is InChI=1S/C25H22N2O5S/c1-4-32-25(31)20-12-17(13-27-23(29)18-7-5-6-8-19(18)24(27)30)33-22(20)26-21(28)16-10-9-14(2)15(3)11-16/h5-12H,4,13H2,1-3H3,(H,26,28). The zero-order chi connectivity index (χ0) is 23.7. The van der Waals surface area contributed by atoms with E-state index in [1.165, 1.54) is 0 Å². The molecule has 3 aromatic rings. The fourth-order valence-corrected chi connectivity index (χ4v) is 4.60. The number of thiophene rings is 1. The summed E-state index contributed by atoms with van der Waals surface area (Å²) in [5.74, 6) is -1.72. The molecule has 3 amide bonds. The third-order valence-corrected chi connectivity index (χ3v) is 6.50. The molecule has 0 saturated heterocycles. The zero-order valence-electron chi connectivity index (χ0n) is 18.4. The number of benzene rings is 2. The Labute approximate surface area is 195 Å². The number of esters is 1. The van der Waals surface area contributed by atoms with Crippen molar-refractivity contribution in [3.63, 3.8) is 0 Å². The molecule has 2 heterocycles. The molecule has 4 rings (SSSR count). The van der Waals surface area contributed by atoms with Crippen LogP contribution in [-0.2, 0) is 11.3 Å². The highest BCUT2D eigenvalue weighted by Crippen LogP contribution is 2.33. The second-order valence-electron chi connectivity index (χ2n) is 7.67. The van der Waals surface area contributed by atoms with Crippen LogP contribution in [-0.4, -0.2) is 35.2 Å². The van der Waals surface area contributed by atoms with Gasteiger partial charge >= 0.3 is 5.97 Å². The van der Waals surface area contributed by atoms with Crippen LogP contribution < -0.4 is 5.32 Å². The highest BCUT2D eigenvalue weighted by Gasteiger charge is 2.35. The number of imide groups is 1. The smallest absolute Gasteiger partial charge is 0.341 e. The number of hydrogen-bond donors (Lipinski definition) is 1. The van der Waals surface area contributed by atoms with Crippen LogP contribution in [0.4, 0.5) is 5.00 Å². The van der Waals surface area contributed by atoms with Crippen LogP contribution in [0, 0.1) is 13.8 Å². The van der Waals surface area contributed by atoms with Gasteiger partial charge in [0, 0.05) is 10.4 Å². The molecule has 0 aliphatic carbocycles. The molecule has 0 spiro atoms. The molecule has 0 radical (unpaired) electrons. The highest BCUT2D eigenvalue weighted by molar-refractivity contribution is 7.16. The van der Waals surface area contributed by atoms with E-state index in [9.17, 15) is 19.2 Å². The molecule has 1 aliphatic heterocycles. The van der Waals surface area contributed by atoms with Gasteiger partial charge < -0.3 is 10.1 Å². The van der Waals surface area contributed by atoms with Crippen molar-refractivity contribution in [3.8, 4) is 0 Å². The van der Waals surface area contributed by atoms with Gasteiger partial charge in [-0.05, 0) is 62.2 Å². The van der Waals surface area contributed by atoms with Crippen molar-refractivity contribution in [1.82, 2.24) is 4.90 Å². The molecule has 1 N–H and O–H groups in total. The van der Waals surface area contributed by atoms with Crippen LogP contribution in [0.2, 0.25) is 0 Å². The Morgan fingerprint density at radius 2 is 1.64 bits per heavy atom. The van der Waals surface area contributed by atoms with Crippen molar-refractivity contribution in [2.24, 2.45) is 0 Å². The molecule has 1 aliphatic rings. The fourth-order valence-electron chi connectivity index (χ4n) is 3.57. The van der Waals surface area contributed by atoms with Gasteiger partial charge in [0.2, 0.25) is 0 Å². The van der Waals surface area contributed by atoms with Crippen LogP contribution in [0.25, 0.3) is 0 Å². The van der Waals surface area contributed by atoms with Gasteiger partial charge in [0.15, 0.2) is 0 Å². The fraction of sp³-hybridized carbons (Fsp3) is 0.200. The molecular formula is C25H22N2O5S. The Kier molecular flexibility index (Phi) is 6.11. The number of ether oxygens (including phenoxy) is 1. The van der Waals surface area contributed by atoms with Gasteiger partial charge in [-0.3, -0.25) is 19.3 Å². The Hall–Kier alpha value is -3.78. The minimum absolute atomic E-state index is 0.0110. The molecule has 0 unspecified atom stereocenters. The van der Waals surface area contributed by atoms with Crippen LogP contribution in [0.5, 0.6) is 0 Å². The van der Waals surface area contributed by atoms with Gasteiger partial charge in [-0.2, -0.15) is 0 Å². The molecule has 7 nitrogen and oxygen atoms in total. The number of rotatable bonds is 6. The molecule has 8 heteroatoms. The molecule has 33 heavy (non-hydrogen) atoms. The SMILES string of the molecule is CCOC(=O)c1cc(CN2C(=O)c3ccccc3C2=O)sc1NC(=O)c1ccc(C)c(C)c1. The summed E-state index contributed by atoms with van der Waals surface area (Å²) in [6.07, 6.45) is 0. The minimum atomic E-state index is -0.585. The lowest BCUT2D eigenvalue weighted by atomic mass is 10.1. The van der Waals surface area contributed by atoms with Crippen molar-refractivity contribution in [2.75, 3.05) is 11.9 Å². The zero-order valence-corrected chi connectivity index (χ0v) is 19.2. The largest absolute Gasteiger partial charge is 0.462 e. The molecule has 1 aromatic heterocycles. The van der Waals surface area contributed by atoms with Gasteiger partial charge in [-0.15, -0.1) is 11.3 Å². The normalized spacial score (nSPS) is 12.6. The first-order valence-electron chi connectivity index (χ1n) is 10.4. The molecule has 0 fully saturated rings. The molecule has 0 atom stereocenters.